The van der Waals surface area contributed by atoms with E-state index in [4.69, 9.17) is 9.05 Å². The summed E-state index contributed by atoms with van der Waals surface area (Å²) in [5, 5.41) is 0. The molecule has 0 aliphatic heterocycles. The maximum atomic E-state index is 6.21. The van der Waals surface area contributed by atoms with E-state index >= 15 is 0 Å². The summed E-state index contributed by atoms with van der Waals surface area (Å²) < 4.78 is 18.6. The number of hydrogen-bond donors (Lipinski definition) is 0. The number of allylic oxidation sites excluding steroid dienone is 6. The Kier molecular flexibility index (Phi) is 10.1. The second-order valence-corrected chi connectivity index (χ2v) is 9.83. The zero-order valence-corrected chi connectivity index (χ0v) is 21.5. The molecule has 0 amide bonds. The molecule has 0 saturated heterocycles. The molecule has 0 heterocycles. The van der Waals surface area contributed by atoms with Gasteiger partial charge in [-0.1, -0.05) is 0 Å². The average molecular weight is 557 g/mol. The molecule has 0 radical (unpaired) electrons. The molecule has 3 aromatic rings. The molecule has 4 heteroatoms. The van der Waals surface area contributed by atoms with Gasteiger partial charge in [-0.15, -0.1) is 0 Å². The Morgan fingerprint density at radius 3 is 0.941 bits per heavy atom. The summed E-state index contributed by atoms with van der Waals surface area (Å²) >= 11 is -3.16. The summed E-state index contributed by atoms with van der Waals surface area (Å²) in [4.78, 5) is 0. The molecule has 0 aliphatic carbocycles. The van der Waals surface area contributed by atoms with Gasteiger partial charge in [0.1, 0.15) is 0 Å². The van der Waals surface area contributed by atoms with E-state index in [2.05, 4.69) is 19.7 Å². The zero-order valence-electron chi connectivity index (χ0n) is 18.9. The van der Waals surface area contributed by atoms with Crippen molar-refractivity contribution >= 4 is 39.7 Å². The van der Waals surface area contributed by atoms with E-state index in [9.17, 15) is 0 Å². The first kappa shape index (κ1) is 25.0. The van der Waals surface area contributed by atoms with Crippen molar-refractivity contribution in [1.82, 2.24) is 0 Å². The van der Waals surface area contributed by atoms with Gasteiger partial charge in [0, 0.05) is 0 Å². The van der Waals surface area contributed by atoms with E-state index in [-0.39, 0.29) is 0 Å². The number of benzene rings is 3. The van der Waals surface area contributed by atoms with Gasteiger partial charge in [0.25, 0.3) is 0 Å². The van der Waals surface area contributed by atoms with E-state index < -0.39 is 21.5 Å². The van der Waals surface area contributed by atoms with E-state index in [1.807, 2.05) is 109 Å². The van der Waals surface area contributed by atoms with E-state index in [0.29, 0.717) is 17.2 Å². The molecule has 0 aromatic heterocycles. The minimum atomic E-state index is -3.16. The summed E-state index contributed by atoms with van der Waals surface area (Å²) in [6, 6.07) is 23.4. The average Bonchev–Trinajstić information content (AvgIpc) is 2.87. The van der Waals surface area contributed by atoms with Crippen LogP contribution in [-0.2, 0) is 0 Å². The van der Waals surface area contributed by atoms with Gasteiger partial charge < -0.3 is 0 Å². The van der Waals surface area contributed by atoms with E-state index in [1.165, 1.54) is 0 Å². The van der Waals surface area contributed by atoms with Crippen molar-refractivity contribution in [1.29, 1.82) is 0 Å². The second-order valence-electron chi connectivity index (χ2n) is 6.99. The Balaban J connectivity index is 1.77. The summed E-state index contributed by atoms with van der Waals surface area (Å²) in [6.07, 6.45) is 16.8. The first-order chi connectivity index (χ1) is 16.7. The predicted molar refractivity (Wildman–Crippen MR) is 145 cm³/mol. The van der Waals surface area contributed by atoms with Crippen LogP contribution in [0.1, 0.15) is 16.7 Å². The van der Waals surface area contributed by atoms with Crippen LogP contribution in [0.25, 0.3) is 18.2 Å². The Labute approximate surface area is 211 Å². The standard InChI is InChI=1S/3C10H10O.Sb/c3*1-2-3-4-9-5-7-10(11)8-6-9;/h3*2-8,11H,1H2;/q;;;+3/p-3. The Hall–Kier alpha value is -3.68. The van der Waals surface area contributed by atoms with Gasteiger partial charge in [0.05, 0.1) is 0 Å². The third-order valence-corrected chi connectivity index (χ3v) is 7.54. The normalized spacial score (nSPS) is 11.2. The molecule has 170 valence electrons. The molecule has 0 fully saturated rings. The Morgan fingerprint density at radius 2 is 0.706 bits per heavy atom. The molecule has 3 rings (SSSR count). The molecule has 0 spiro atoms. The van der Waals surface area contributed by atoms with Crippen LogP contribution in [-0.4, -0.2) is 21.5 Å². The molecule has 0 bridgehead atoms. The van der Waals surface area contributed by atoms with Crippen LogP contribution >= 0.6 is 0 Å². The Bertz CT molecular complexity index is 1000. The van der Waals surface area contributed by atoms with Crippen molar-refractivity contribution in [3.8, 4) is 17.2 Å². The molecule has 0 unspecified atom stereocenters. The fourth-order valence-electron chi connectivity index (χ4n) is 2.77. The fourth-order valence-corrected chi connectivity index (χ4v) is 5.61. The molecule has 0 aliphatic rings. The molecule has 0 saturated carbocycles. The van der Waals surface area contributed by atoms with Crippen molar-refractivity contribution in [2.75, 3.05) is 0 Å². The third-order valence-electron chi connectivity index (χ3n) is 4.45. The van der Waals surface area contributed by atoms with Crippen LogP contribution in [0, 0.1) is 0 Å². The SMILES string of the molecule is C=CC=Cc1ccc([O][Sb]([O]c2ccc(C=CC=C)cc2)[O]c2ccc(C=CC=C)cc2)cc1. The number of hydrogen-bond acceptors (Lipinski definition) is 3. The van der Waals surface area contributed by atoms with Crippen LogP contribution < -0.4 is 9.05 Å². The molecule has 0 N–H and O–H groups in total. The molecule has 3 aromatic carbocycles. The van der Waals surface area contributed by atoms with Crippen molar-refractivity contribution in [2.24, 2.45) is 0 Å². The summed E-state index contributed by atoms with van der Waals surface area (Å²) in [6.45, 7) is 11.1. The van der Waals surface area contributed by atoms with Crippen LogP contribution in [0.2, 0.25) is 0 Å². The van der Waals surface area contributed by atoms with E-state index in [1.54, 1.807) is 18.2 Å². The zero-order chi connectivity index (χ0) is 24.0. The Morgan fingerprint density at radius 1 is 0.441 bits per heavy atom. The molecule has 34 heavy (non-hydrogen) atoms. The molecule has 0 atom stereocenters. The minimum absolute atomic E-state index is 0.704. The van der Waals surface area contributed by atoms with Crippen LogP contribution in [0.3, 0.4) is 0 Å². The van der Waals surface area contributed by atoms with Crippen molar-refractivity contribution in [3.05, 3.63) is 146 Å². The van der Waals surface area contributed by atoms with Gasteiger partial charge in [-0.05, 0) is 0 Å². The molecular formula is C30H27O3Sb. The van der Waals surface area contributed by atoms with Crippen molar-refractivity contribution in [2.45, 2.75) is 0 Å². The predicted octanol–water partition coefficient (Wildman–Crippen LogP) is 7.81. The van der Waals surface area contributed by atoms with Gasteiger partial charge in [0.15, 0.2) is 0 Å². The first-order valence-corrected chi connectivity index (χ1v) is 13.8. The van der Waals surface area contributed by atoms with Crippen LogP contribution in [0.4, 0.5) is 0 Å². The number of rotatable bonds is 12. The van der Waals surface area contributed by atoms with Gasteiger partial charge in [-0.25, -0.2) is 0 Å². The molecular weight excluding hydrogens is 530 g/mol. The maximum absolute atomic E-state index is 6.21. The topological polar surface area (TPSA) is 27.7 Å². The molecule has 3 nitrogen and oxygen atoms in total. The summed E-state index contributed by atoms with van der Waals surface area (Å²) in [5.74, 6) is 2.11. The monoisotopic (exact) mass is 556 g/mol. The van der Waals surface area contributed by atoms with Crippen LogP contribution in [0.15, 0.2) is 129 Å². The summed E-state index contributed by atoms with van der Waals surface area (Å²) in [7, 11) is 0. The van der Waals surface area contributed by atoms with Gasteiger partial charge >= 0.3 is 212 Å². The van der Waals surface area contributed by atoms with Crippen molar-refractivity contribution < 1.29 is 9.05 Å². The van der Waals surface area contributed by atoms with Gasteiger partial charge in [-0.3, -0.25) is 0 Å². The fraction of sp³-hybridized carbons (Fsp3) is 0. The van der Waals surface area contributed by atoms with Gasteiger partial charge in [0.2, 0.25) is 0 Å². The second kappa shape index (κ2) is 13.8. The van der Waals surface area contributed by atoms with Crippen molar-refractivity contribution in [3.63, 3.8) is 0 Å². The van der Waals surface area contributed by atoms with Crippen LogP contribution in [0.5, 0.6) is 17.2 Å². The quantitative estimate of drug-likeness (QED) is 0.168. The third kappa shape index (κ3) is 8.35. The summed E-state index contributed by atoms with van der Waals surface area (Å²) in [5.41, 5.74) is 3.18. The van der Waals surface area contributed by atoms with Gasteiger partial charge in [-0.2, -0.15) is 0 Å². The first-order valence-electron chi connectivity index (χ1n) is 10.7. The van der Waals surface area contributed by atoms with E-state index in [0.717, 1.165) is 16.7 Å².